The summed E-state index contributed by atoms with van der Waals surface area (Å²) in [7, 11) is -2.41. The predicted molar refractivity (Wildman–Crippen MR) is 89.2 cm³/mol. The fraction of sp³-hybridized carbons (Fsp3) is 0.562. The predicted octanol–water partition coefficient (Wildman–Crippen LogP) is 0.737. The molecule has 8 heteroatoms. The number of hydrogen-bond donors (Lipinski definition) is 2. The van der Waals surface area contributed by atoms with Gasteiger partial charge in [0.15, 0.2) is 0 Å². The minimum absolute atomic E-state index is 0.0189. The van der Waals surface area contributed by atoms with Crippen LogP contribution in [-0.4, -0.2) is 57.2 Å². The normalized spacial score (nSPS) is 17.2. The number of nitrogens with one attached hydrogen (secondary N) is 1. The minimum Gasteiger partial charge on any atom is -0.497 e. The van der Waals surface area contributed by atoms with E-state index in [0.29, 0.717) is 18.8 Å². The lowest BCUT2D eigenvalue weighted by Gasteiger charge is -2.25. The maximum atomic E-state index is 12.5. The van der Waals surface area contributed by atoms with Crippen LogP contribution in [0.25, 0.3) is 0 Å². The number of nitrogens with zero attached hydrogens (tertiary/aromatic N) is 1. The van der Waals surface area contributed by atoms with Crippen LogP contribution in [0, 0.1) is 0 Å². The Morgan fingerprint density at radius 1 is 1.21 bits per heavy atom. The van der Waals surface area contributed by atoms with Crippen molar-refractivity contribution in [1.82, 2.24) is 9.62 Å². The lowest BCUT2D eigenvalue weighted by molar-refractivity contribution is -0.133. The molecule has 24 heavy (non-hydrogen) atoms. The van der Waals surface area contributed by atoms with Crippen molar-refractivity contribution in [2.45, 2.75) is 36.6 Å². The van der Waals surface area contributed by atoms with Gasteiger partial charge in [-0.25, -0.2) is 8.42 Å². The number of rotatable bonds is 6. The Kier molecular flexibility index (Phi) is 6.59. The summed E-state index contributed by atoms with van der Waals surface area (Å²) in [4.78, 5) is 14.2. The van der Waals surface area contributed by atoms with E-state index < -0.39 is 22.7 Å². The second-order valence-electron chi connectivity index (χ2n) is 5.77. The summed E-state index contributed by atoms with van der Waals surface area (Å²) in [5, 5.41) is 9.50. The quantitative estimate of drug-likeness (QED) is 0.784. The average Bonchev–Trinajstić information content (AvgIpc) is 2.88. The summed E-state index contributed by atoms with van der Waals surface area (Å²) in [6, 6.07) is 4.67. The Balaban J connectivity index is 2.10. The number of aliphatic hydroxyl groups is 1. The van der Waals surface area contributed by atoms with Gasteiger partial charge in [0.2, 0.25) is 15.9 Å². The van der Waals surface area contributed by atoms with Crippen molar-refractivity contribution in [3.8, 4) is 5.75 Å². The van der Waals surface area contributed by atoms with E-state index in [1.165, 1.54) is 31.4 Å². The van der Waals surface area contributed by atoms with E-state index in [4.69, 9.17) is 4.74 Å². The Labute approximate surface area is 142 Å². The van der Waals surface area contributed by atoms with Gasteiger partial charge in [0.05, 0.1) is 18.6 Å². The van der Waals surface area contributed by atoms with Gasteiger partial charge in [0.1, 0.15) is 11.8 Å². The molecule has 0 aliphatic carbocycles. The lowest BCUT2D eigenvalue weighted by atomic mass is 10.2. The largest absolute Gasteiger partial charge is 0.497 e. The Morgan fingerprint density at radius 3 is 2.29 bits per heavy atom. The maximum Gasteiger partial charge on any atom is 0.243 e. The Bertz CT molecular complexity index is 637. The Hall–Kier alpha value is -1.64. The van der Waals surface area contributed by atoms with Crippen molar-refractivity contribution in [2.75, 3.05) is 26.8 Å². The van der Waals surface area contributed by atoms with Gasteiger partial charge in [-0.2, -0.15) is 4.72 Å². The number of aliphatic hydroxyl groups excluding tert-OH is 1. The van der Waals surface area contributed by atoms with Crippen LogP contribution in [0.5, 0.6) is 5.75 Å². The van der Waals surface area contributed by atoms with E-state index in [-0.39, 0.29) is 10.8 Å². The molecule has 1 aliphatic rings. The van der Waals surface area contributed by atoms with Crippen LogP contribution in [0.4, 0.5) is 0 Å². The summed E-state index contributed by atoms with van der Waals surface area (Å²) in [6.07, 6.45) is 3.92. The molecule has 2 N–H and O–H groups in total. The standard InChI is InChI=1S/C16H24N2O5S/c1-23-13-6-8-14(9-7-13)24(21,22)17-15(12-19)16(20)18-10-4-2-3-5-11-18/h6-9,15,17,19H,2-5,10-12H2,1H3. The number of hydrogen-bond acceptors (Lipinski definition) is 5. The van der Waals surface area contributed by atoms with Crippen LogP contribution in [0.3, 0.4) is 0 Å². The summed E-state index contributed by atoms with van der Waals surface area (Å²) in [5.74, 6) is 0.157. The summed E-state index contributed by atoms with van der Waals surface area (Å²) in [5.41, 5.74) is 0. The maximum absolute atomic E-state index is 12.5. The first-order valence-corrected chi connectivity index (χ1v) is 9.52. The summed E-state index contributed by atoms with van der Waals surface area (Å²) >= 11 is 0. The van der Waals surface area contributed by atoms with Crippen molar-refractivity contribution in [3.63, 3.8) is 0 Å². The molecule has 0 saturated carbocycles. The molecule has 1 aromatic carbocycles. The molecule has 1 fully saturated rings. The van der Waals surface area contributed by atoms with E-state index in [0.717, 1.165) is 25.7 Å². The van der Waals surface area contributed by atoms with Gasteiger partial charge in [-0.15, -0.1) is 0 Å². The molecule has 1 saturated heterocycles. The molecule has 0 spiro atoms. The number of benzene rings is 1. The van der Waals surface area contributed by atoms with Gasteiger partial charge in [0, 0.05) is 13.1 Å². The molecule has 1 aromatic rings. The SMILES string of the molecule is COc1ccc(S(=O)(=O)NC(CO)C(=O)N2CCCCCC2)cc1. The van der Waals surface area contributed by atoms with Gasteiger partial charge < -0.3 is 14.7 Å². The summed E-state index contributed by atoms with van der Waals surface area (Å²) in [6.45, 7) is 0.615. The first-order valence-electron chi connectivity index (χ1n) is 8.04. The van der Waals surface area contributed by atoms with E-state index in [9.17, 15) is 18.3 Å². The number of likely N-dealkylation sites (tertiary alicyclic amines) is 1. The van der Waals surface area contributed by atoms with E-state index in [1.54, 1.807) is 4.90 Å². The molecule has 134 valence electrons. The van der Waals surface area contributed by atoms with Crippen LogP contribution < -0.4 is 9.46 Å². The number of methoxy groups -OCH3 is 1. The van der Waals surface area contributed by atoms with Crippen LogP contribution in [0.1, 0.15) is 25.7 Å². The molecule has 0 aromatic heterocycles. The van der Waals surface area contributed by atoms with E-state index in [2.05, 4.69) is 4.72 Å². The molecule has 0 bridgehead atoms. The highest BCUT2D eigenvalue weighted by atomic mass is 32.2. The minimum atomic E-state index is -3.90. The molecule has 1 amide bonds. The lowest BCUT2D eigenvalue weighted by Crippen LogP contribution is -2.50. The topological polar surface area (TPSA) is 95.9 Å². The highest BCUT2D eigenvalue weighted by molar-refractivity contribution is 7.89. The van der Waals surface area contributed by atoms with Crippen molar-refractivity contribution in [2.24, 2.45) is 0 Å². The fourth-order valence-corrected chi connectivity index (χ4v) is 3.87. The Morgan fingerprint density at radius 2 is 1.79 bits per heavy atom. The third-order valence-electron chi connectivity index (χ3n) is 4.07. The van der Waals surface area contributed by atoms with Crippen molar-refractivity contribution in [1.29, 1.82) is 0 Å². The van der Waals surface area contributed by atoms with Crippen LogP contribution in [0.2, 0.25) is 0 Å². The third-order valence-corrected chi connectivity index (χ3v) is 5.55. The number of carbonyl (C=O) groups excluding carboxylic acids is 1. The zero-order valence-electron chi connectivity index (χ0n) is 13.8. The number of ether oxygens (including phenoxy) is 1. The van der Waals surface area contributed by atoms with E-state index in [1.807, 2.05) is 0 Å². The number of carbonyl (C=O) groups is 1. The van der Waals surface area contributed by atoms with E-state index >= 15 is 0 Å². The van der Waals surface area contributed by atoms with Crippen molar-refractivity contribution in [3.05, 3.63) is 24.3 Å². The first kappa shape index (κ1) is 18.7. The smallest absolute Gasteiger partial charge is 0.243 e. The molecule has 1 unspecified atom stereocenters. The van der Waals surface area contributed by atoms with Crippen LogP contribution >= 0.6 is 0 Å². The van der Waals surface area contributed by atoms with Gasteiger partial charge in [-0.1, -0.05) is 12.8 Å². The molecule has 1 aliphatic heterocycles. The summed E-state index contributed by atoms with van der Waals surface area (Å²) < 4.78 is 32.1. The highest BCUT2D eigenvalue weighted by Crippen LogP contribution is 2.16. The van der Waals surface area contributed by atoms with Crippen molar-refractivity contribution >= 4 is 15.9 Å². The van der Waals surface area contributed by atoms with Crippen LogP contribution in [0.15, 0.2) is 29.2 Å². The molecule has 7 nitrogen and oxygen atoms in total. The second kappa shape index (κ2) is 8.46. The second-order valence-corrected chi connectivity index (χ2v) is 7.49. The molecule has 1 heterocycles. The highest BCUT2D eigenvalue weighted by Gasteiger charge is 2.29. The average molecular weight is 356 g/mol. The third kappa shape index (κ3) is 4.68. The number of amides is 1. The molecule has 1 atom stereocenters. The van der Waals surface area contributed by atoms with Gasteiger partial charge in [-0.3, -0.25) is 4.79 Å². The molecular formula is C16H24N2O5S. The van der Waals surface area contributed by atoms with Gasteiger partial charge in [0.25, 0.3) is 0 Å². The molecule has 0 radical (unpaired) electrons. The fourth-order valence-electron chi connectivity index (χ4n) is 2.69. The van der Waals surface area contributed by atoms with Crippen LogP contribution in [-0.2, 0) is 14.8 Å². The zero-order chi connectivity index (χ0) is 17.6. The zero-order valence-corrected chi connectivity index (χ0v) is 14.6. The first-order chi connectivity index (χ1) is 11.5. The van der Waals surface area contributed by atoms with Gasteiger partial charge in [-0.05, 0) is 37.1 Å². The number of sulfonamides is 1. The van der Waals surface area contributed by atoms with Gasteiger partial charge >= 0.3 is 0 Å². The molecule has 2 rings (SSSR count). The monoisotopic (exact) mass is 356 g/mol. The molecular weight excluding hydrogens is 332 g/mol. The van der Waals surface area contributed by atoms with Crippen molar-refractivity contribution < 1.29 is 23.1 Å².